The van der Waals surface area contributed by atoms with Crippen LogP contribution in [0.1, 0.15) is 13.8 Å². The van der Waals surface area contributed by atoms with Crippen LogP contribution in [0.3, 0.4) is 0 Å². The van der Waals surface area contributed by atoms with Crippen LogP contribution in [0, 0.1) is 5.92 Å². The maximum absolute atomic E-state index is 11.9. The van der Waals surface area contributed by atoms with Gasteiger partial charge in [0.1, 0.15) is 0 Å². The molecule has 122 valence electrons. The minimum atomic E-state index is -0.618. The van der Waals surface area contributed by atoms with Crippen LogP contribution in [0.4, 0.5) is 5.69 Å². The Kier molecular flexibility index (Phi) is 5.48. The summed E-state index contributed by atoms with van der Waals surface area (Å²) in [6.07, 6.45) is 5.17. The Labute approximate surface area is 134 Å². The predicted molar refractivity (Wildman–Crippen MR) is 88.0 cm³/mol. The number of hydrogen-bond acceptors (Lipinski definition) is 4. The molecule has 7 heteroatoms. The van der Waals surface area contributed by atoms with E-state index in [-0.39, 0.29) is 24.3 Å². The van der Waals surface area contributed by atoms with E-state index in [9.17, 15) is 9.59 Å². The number of carbonyl (C=O) groups excluding carboxylic acids is 2. The van der Waals surface area contributed by atoms with E-state index in [1.54, 1.807) is 18.6 Å². The molecular formula is C16H21N5O2. The third-order valence-corrected chi connectivity index (χ3v) is 3.38. The summed E-state index contributed by atoms with van der Waals surface area (Å²) >= 11 is 0. The third-order valence-electron chi connectivity index (χ3n) is 3.38. The lowest BCUT2D eigenvalue weighted by molar-refractivity contribution is -0.125. The number of rotatable bonds is 6. The van der Waals surface area contributed by atoms with Gasteiger partial charge in [-0.15, -0.1) is 0 Å². The van der Waals surface area contributed by atoms with Crippen molar-refractivity contribution < 1.29 is 9.59 Å². The van der Waals surface area contributed by atoms with Crippen molar-refractivity contribution in [1.29, 1.82) is 0 Å². The van der Waals surface area contributed by atoms with Gasteiger partial charge in [-0.1, -0.05) is 19.9 Å². The summed E-state index contributed by atoms with van der Waals surface area (Å²) in [5, 5.41) is 5.27. The minimum absolute atomic E-state index is 0.0184. The molecule has 0 aliphatic rings. The van der Waals surface area contributed by atoms with Crippen molar-refractivity contribution in [3.63, 3.8) is 0 Å². The van der Waals surface area contributed by atoms with Crippen LogP contribution in [0.5, 0.6) is 0 Å². The Morgan fingerprint density at radius 1 is 1.35 bits per heavy atom. The van der Waals surface area contributed by atoms with Crippen LogP contribution >= 0.6 is 0 Å². The molecule has 0 spiro atoms. The van der Waals surface area contributed by atoms with Crippen LogP contribution < -0.4 is 16.4 Å². The average Bonchev–Trinajstić information content (AvgIpc) is 3.06. The van der Waals surface area contributed by atoms with Gasteiger partial charge in [0.2, 0.25) is 11.8 Å². The zero-order valence-electron chi connectivity index (χ0n) is 13.2. The molecule has 7 nitrogen and oxygen atoms in total. The van der Waals surface area contributed by atoms with Gasteiger partial charge in [0.25, 0.3) is 0 Å². The molecule has 23 heavy (non-hydrogen) atoms. The third kappa shape index (κ3) is 4.65. The van der Waals surface area contributed by atoms with E-state index in [2.05, 4.69) is 15.6 Å². The number of imidazole rings is 1. The quantitative estimate of drug-likeness (QED) is 0.737. The molecule has 2 aromatic rings. The van der Waals surface area contributed by atoms with E-state index < -0.39 is 6.04 Å². The second kappa shape index (κ2) is 7.55. The van der Waals surface area contributed by atoms with Crippen LogP contribution in [-0.2, 0) is 9.59 Å². The summed E-state index contributed by atoms with van der Waals surface area (Å²) < 4.78 is 1.83. The molecular weight excluding hydrogens is 294 g/mol. The van der Waals surface area contributed by atoms with E-state index in [4.69, 9.17) is 5.73 Å². The molecule has 0 saturated carbocycles. The fourth-order valence-corrected chi connectivity index (χ4v) is 1.95. The normalized spacial score (nSPS) is 12.0. The largest absolute Gasteiger partial charge is 0.346 e. The number of aromatic nitrogens is 2. The SMILES string of the molecule is CC(C)[C@H](N)C(=O)NCC(=O)Nc1cccc(-n2ccnc2)c1. The molecule has 0 unspecified atom stereocenters. The van der Waals surface area contributed by atoms with Gasteiger partial charge < -0.3 is 20.9 Å². The number of nitrogens with one attached hydrogen (secondary N) is 2. The highest BCUT2D eigenvalue weighted by Crippen LogP contribution is 2.14. The summed E-state index contributed by atoms with van der Waals surface area (Å²) in [5.41, 5.74) is 7.24. The van der Waals surface area contributed by atoms with Gasteiger partial charge in [-0.05, 0) is 24.1 Å². The first-order valence-electron chi connectivity index (χ1n) is 7.39. The fourth-order valence-electron chi connectivity index (χ4n) is 1.95. The zero-order valence-corrected chi connectivity index (χ0v) is 13.2. The molecule has 1 atom stereocenters. The molecule has 0 bridgehead atoms. The lowest BCUT2D eigenvalue weighted by Crippen LogP contribution is -2.46. The summed E-state index contributed by atoms with van der Waals surface area (Å²) in [7, 11) is 0. The number of nitrogens with two attached hydrogens (primary N) is 1. The molecule has 0 saturated heterocycles. The maximum atomic E-state index is 11.9. The Morgan fingerprint density at radius 3 is 2.78 bits per heavy atom. The Balaban J connectivity index is 1.91. The predicted octanol–water partition coefficient (Wildman–Crippen LogP) is 0.910. The molecule has 2 amide bonds. The smallest absolute Gasteiger partial charge is 0.243 e. The highest BCUT2D eigenvalue weighted by atomic mass is 16.2. The Hall–Kier alpha value is -2.67. The lowest BCUT2D eigenvalue weighted by atomic mass is 10.1. The molecule has 0 aliphatic heterocycles. The van der Waals surface area contributed by atoms with E-state index in [0.717, 1.165) is 5.69 Å². The van der Waals surface area contributed by atoms with E-state index in [1.807, 2.05) is 42.8 Å². The summed E-state index contributed by atoms with van der Waals surface area (Å²) in [4.78, 5) is 27.6. The molecule has 1 aromatic carbocycles. The van der Waals surface area contributed by atoms with Gasteiger partial charge in [0.05, 0.1) is 18.9 Å². The first-order chi connectivity index (χ1) is 11.0. The van der Waals surface area contributed by atoms with Crippen LogP contribution in [-0.4, -0.2) is 34.0 Å². The molecule has 2 rings (SSSR count). The molecule has 0 radical (unpaired) electrons. The fraction of sp³-hybridized carbons (Fsp3) is 0.312. The van der Waals surface area contributed by atoms with E-state index in [0.29, 0.717) is 5.69 Å². The average molecular weight is 315 g/mol. The standard InChI is InChI=1S/C16H21N5O2/c1-11(2)15(17)16(23)19-9-14(22)20-12-4-3-5-13(8-12)21-7-6-18-10-21/h3-8,10-11,15H,9,17H2,1-2H3,(H,19,23)(H,20,22)/t15-/m0/s1. The molecule has 0 aliphatic carbocycles. The maximum Gasteiger partial charge on any atom is 0.243 e. The van der Waals surface area contributed by atoms with E-state index in [1.165, 1.54) is 0 Å². The van der Waals surface area contributed by atoms with Crippen LogP contribution in [0.25, 0.3) is 5.69 Å². The van der Waals surface area contributed by atoms with Gasteiger partial charge in [-0.3, -0.25) is 9.59 Å². The first-order valence-corrected chi connectivity index (χ1v) is 7.39. The Morgan fingerprint density at radius 2 is 2.13 bits per heavy atom. The number of amides is 2. The molecule has 1 aromatic heterocycles. The summed E-state index contributed by atoms with van der Waals surface area (Å²) in [5.74, 6) is -0.621. The monoisotopic (exact) mass is 315 g/mol. The number of benzene rings is 1. The first kappa shape index (κ1) is 16.7. The van der Waals surface area contributed by atoms with Crippen molar-refractivity contribution in [1.82, 2.24) is 14.9 Å². The minimum Gasteiger partial charge on any atom is -0.346 e. The summed E-state index contributed by atoms with van der Waals surface area (Å²) in [6, 6.07) is 6.72. The highest BCUT2D eigenvalue weighted by molar-refractivity contribution is 5.95. The summed E-state index contributed by atoms with van der Waals surface area (Å²) in [6.45, 7) is 3.59. The van der Waals surface area contributed by atoms with Gasteiger partial charge >= 0.3 is 0 Å². The van der Waals surface area contributed by atoms with Crippen molar-refractivity contribution in [2.75, 3.05) is 11.9 Å². The second-order valence-electron chi connectivity index (χ2n) is 5.56. The van der Waals surface area contributed by atoms with Crippen molar-refractivity contribution in [2.45, 2.75) is 19.9 Å². The molecule has 4 N–H and O–H groups in total. The van der Waals surface area contributed by atoms with Crippen molar-refractivity contribution in [2.24, 2.45) is 11.7 Å². The van der Waals surface area contributed by atoms with Crippen molar-refractivity contribution >= 4 is 17.5 Å². The Bertz CT molecular complexity index is 667. The van der Waals surface area contributed by atoms with Gasteiger partial charge in [0.15, 0.2) is 0 Å². The topological polar surface area (TPSA) is 102 Å². The van der Waals surface area contributed by atoms with Crippen molar-refractivity contribution in [3.05, 3.63) is 43.0 Å². The number of anilines is 1. The van der Waals surface area contributed by atoms with Gasteiger partial charge in [-0.2, -0.15) is 0 Å². The van der Waals surface area contributed by atoms with Crippen molar-refractivity contribution in [3.8, 4) is 5.69 Å². The zero-order chi connectivity index (χ0) is 16.8. The molecule has 1 heterocycles. The second-order valence-corrected chi connectivity index (χ2v) is 5.56. The lowest BCUT2D eigenvalue weighted by Gasteiger charge is -2.15. The number of carbonyl (C=O) groups is 2. The van der Waals surface area contributed by atoms with Crippen LogP contribution in [0.15, 0.2) is 43.0 Å². The van der Waals surface area contributed by atoms with Crippen LogP contribution in [0.2, 0.25) is 0 Å². The van der Waals surface area contributed by atoms with Gasteiger partial charge in [-0.25, -0.2) is 4.98 Å². The number of hydrogen-bond donors (Lipinski definition) is 3. The van der Waals surface area contributed by atoms with E-state index >= 15 is 0 Å². The van der Waals surface area contributed by atoms with Gasteiger partial charge in [0, 0.05) is 23.8 Å². The highest BCUT2D eigenvalue weighted by Gasteiger charge is 2.17. The number of nitrogens with zero attached hydrogens (tertiary/aromatic N) is 2. The molecule has 0 fully saturated rings.